The number of amides is 1. The van der Waals surface area contributed by atoms with Crippen molar-refractivity contribution in [2.24, 2.45) is 0 Å². The molecule has 1 N–H and O–H groups in total. The van der Waals surface area contributed by atoms with Crippen molar-refractivity contribution in [3.05, 3.63) is 95.6 Å². The lowest BCUT2D eigenvalue weighted by atomic mass is 9.98. The number of ether oxygens (including phenoxy) is 2. The number of sulfone groups is 1. The van der Waals surface area contributed by atoms with Crippen LogP contribution in [0.4, 0.5) is 0 Å². The van der Waals surface area contributed by atoms with Crippen molar-refractivity contribution in [3.8, 4) is 5.75 Å². The van der Waals surface area contributed by atoms with E-state index in [1.54, 1.807) is 7.11 Å². The highest BCUT2D eigenvalue weighted by Crippen LogP contribution is 2.25. The molecule has 0 radical (unpaired) electrons. The van der Waals surface area contributed by atoms with Gasteiger partial charge in [-0.2, -0.15) is 0 Å². The Hall–Kier alpha value is -3.16. The fourth-order valence-corrected chi connectivity index (χ4v) is 4.31. The summed E-state index contributed by atoms with van der Waals surface area (Å²) in [5, 5.41) is 3.05. The van der Waals surface area contributed by atoms with E-state index in [0.717, 1.165) is 16.9 Å². The summed E-state index contributed by atoms with van der Waals surface area (Å²) in [5.41, 5.74) is 2.21. The Labute approximate surface area is 182 Å². The van der Waals surface area contributed by atoms with E-state index in [1.165, 1.54) is 31.4 Å². The Kier molecular flexibility index (Phi) is 7.44. The number of carbonyl (C=O) groups is 1. The quantitative estimate of drug-likeness (QED) is 0.551. The molecule has 6 nitrogen and oxygen atoms in total. The van der Waals surface area contributed by atoms with Gasteiger partial charge in [-0.1, -0.05) is 42.5 Å². The van der Waals surface area contributed by atoms with E-state index >= 15 is 0 Å². The molecule has 162 valence electrons. The molecule has 3 aromatic carbocycles. The number of methoxy groups -OCH3 is 2. The van der Waals surface area contributed by atoms with Crippen molar-refractivity contribution in [2.45, 2.75) is 10.9 Å². The maximum atomic E-state index is 13.0. The Morgan fingerprint density at radius 3 is 2.06 bits per heavy atom. The van der Waals surface area contributed by atoms with Crippen molar-refractivity contribution in [1.29, 1.82) is 0 Å². The van der Waals surface area contributed by atoms with Gasteiger partial charge >= 0.3 is 0 Å². The number of hydrogen-bond acceptors (Lipinski definition) is 5. The maximum Gasteiger partial charge on any atom is 0.252 e. The highest BCUT2D eigenvalue weighted by molar-refractivity contribution is 7.91. The highest BCUT2D eigenvalue weighted by atomic mass is 32.2. The Morgan fingerprint density at radius 1 is 0.871 bits per heavy atom. The van der Waals surface area contributed by atoms with Gasteiger partial charge < -0.3 is 14.8 Å². The van der Waals surface area contributed by atoms with Gasteiger partial charge in [0.1, 0.15) is 5.75 Å². The lowest BCUT2D eigenvalue weighted by Gasteiger charge is -2.20. The molecule has 0 fully saturated rings. The molecule has 7 heteroatoms. The summed E-state index contributed by atoms with van der Waals surface area (Å²) in [6.45, 7) is 0.116. The fourth-order valence-electron chi connectivity index (χ4n) is 3.14. The van der Waals surface area contributed by atoms with Crippen LogP contribution in [0.25, 0.3) is 0 Å². The predicted molar refractivity (Wildman–Crippen MR) is 119 cm³/mol. The molecule has 1 atom stereocenters. The number of nitrogens with one attached hydrogen (secondary N) is 1. The first kappa shape index (κ1) is 22.5. The fraction of sp³-hybridized carbons (Fsp3) is 0.208. The van der Waals surface area contributed by atoms with Gasteiger partial charge in [0.2, 0.25) is 0 Å². The third kappa shape index (κ3) is 5.71. The summed E-state index contributed by atoms with van der Waals surface area (Å²) < 4.78 is 34.6. The largest absolute Gasteiger partial charge is 0.497 e. The van der Waals surface area contributed by atoms with E-state index in [4.69, 9.17) is 9.47 Å². The van der Waals surface area contributed by atoms with Gasteiger partial charge in [-0.3, -0.25) is 4.79 Å². The van der Waals surface area contributed by atoms with E-state index in [2.05, 4.69) is 5.32 Å². The second-order valence-electron chi connectivity index (χ2n) is 6.93. The van der Waals surface area contributed by atoms with E-state index in [-0.39, 0.29) is 29.2 Å². The highest BCUT2D eigenvalue weighted by Gasteiger charge is 2.19. The van der Waals surface area contributed by atoms with Crippen LogP contribution in [0.1, 0.15) is 27.5 Å². The standard InChI is InChI=1S/C24H25NO5S/c1-29-16-17-31(27,28)22-14-10-20(11-15-22)24(26)25-23(18-6-4-3-5-7-18)19-8-12-21(30-2)13-9-19/h3-15,23H,16-17H2,1-2H3,(H,25,26). The molecule has 1 amide bonds. The van der Waals surface area contributed by atoms with Crippen LogP contribution >= 0.6 is 0 Å². The third-order valence-electron chi connectivity index (χ3n) is 4.89. The van der Waals surface area contributed by atoms with Crippen LogP contribution in [0.3, 0.4) is 0 Å². The molecule has 3 rings (SSSR count). The molecule has 0 aliphatic carbocycles. The molecule has 1 unspecified atom stereocenters. The summed E-state index contributed by atoms with van der Waals surface area (Å²) in [7, 11) is -0.394. The number of hydrogen-bond donors (Lipinski definition) is 1. The van der Waals surface area contributed by atoms with E-state index in [9.17, 15) is 13.2 Å². The third-order valence-corrected chi connectivity index (χ3v) is 6.58. The number of carbonyl (C=O) groups excluding carboxylic acids is 1. The lowest BCUT2D eigenvalue weighted by molar-refractivity contribution is 0.0943. The Bertz CT molecular complexity index is 1090. The molecule has 0 aliphatic heterocycles. The summed E-state index contributed by atoms with van der Waals surface area (Å²) in [5.74, 6) is 0.320. The molecular formula is C24H25NO5S. The molecule has 3 aromatic rings. The normalized spacial score (nSPS) is 12.2. The maximum absolute atomic E-state index is 13.0. The van der Waals surface area contributed by atoms with Crippen LogP contribution in [0.2, 0.25) is 0 Å². The van der Waals surface area contributed by atoms with E-state index in [0.29, 0.717) is 5.56 Å². The second-order valence-corrected chi connectivity index (χ2v) is 9.04. The van der Waals surface area contributed by atoms with Crippen LogP contribution in [-0.4, -0.2) is 40.9 Å². The van der Waals surface area contributed by atoms with Gasteiger partial charge in [-0.25, -0.2) is 8.42 Å². The molecule has 0 heterocycles. The smallest absolute Gasteiger partial charge is 0.252 e. The van der Waals surface area contributed by atoms with Gasteiger partial charge in [0.25, 0.3) is 5.91 Å². The van der Waals surface area contributed by atoms with Crippen molar-refractivity contribution >= 4 is 15.7 Å². The summed E-state index contributed by atoms with van der Waals surface area (Å²) >= 11 is 0. The molecule has 0 aromatic heterocycles. The molecule has 31 heavy (non-hydrogen) atoms. The van der Waals surface area contributed by atoms with Crippen LogP contribution in [-0.2, 0) is 14.6 Å². The van der Waals surface area contributed by atoms with E-state index in [1.807, 2.05) is 54.6 Å². The zero-order valence-electron chi connectivity index (χ0n) is 17.4. The van der Waals surface area contributed by atoms with Crippen molar-refractivity contribution in [2.75, 3.05) is 26.6 Å². The zero-order valence-corrected chi connectivity index (χ0v) is 18.3. The summed E-state index contributed by atoms with van der Waals surface area (Å²) in [6.07, 6.45) is 0. The van der Waals surface area contributed by atoms with Gasteiger partial charge in [0, 0.05) is 12.7 Å². The van der Waals surface area contributed by atoms with Crippen LogP contribution in [0.15, 0.2) is 83.8 Å². The summed E-state index contributed by atoms with van der Waals surface area (Å²) in [6, 6.07) is 22.7. The van der Waals surface area contributed by atoms with Crippen molar-refractivity contribution < 1.29 is 22.7 Å². The Balaban J connectivity index is 1.83. The minimum Gasteiger partial charge on any atom is -0.497 e. The number of benzene rings is 3. The van der Waals surface area contributed by atoms with Crippen LogP contribution in [0, 0.1) is 0 Å². The van der Waals surface area contributed by atoms with Gasteiger partial charge in [-0.15, -0.1) is 0 Å². The van der Waals surface area contributed by atoms with Crippen molar-refractivity contribution in [1.82, 2.24) is 5.32 Å². The monoisotopic (exact) mass is 439 g/mol. The molecule has 0 saturated heterocycles. The average Bonchev–Trinajstić information content (AvgIpc) is 2.82. The van der Waals surface area contributed by atoms with Crippen molar-refractivity contribution in [3.63, 3.8) is 0 Å². The molecule has 0 bridgehead atoms. The molecule has 0 spiro atoms. The molecular weight excluding hydrogens is 414 g/mol. The zero-order chi connectivity index (χ0) is 22.3. The number of rotatable bonds is 9. The van der Waals surface area contributed by atoms with Crippen LogP contribution < -0.4 is 10.1 Å². The predicted octanol–water partition coefficient (Wildman–Crippen LogP) is 3.63. The Morgan fingerprint density at radius 2 is 1.48 bits per heavy atom. The van der Waals surface area contributed by atoms with Gasteiger partial charge in [-0.05, 0) is 47.5 Å². The first-order valence-corrected chi connectivity index (χ1v) is 11.4. The molecule has 0 aliphatic rings. The topological polar surface area (TPSA) is 81.7 Å². The van der Waals surface area contributed by atoms with E-state index < -0.39 is 9.84 Å². The van der Waals surface area contributed by atoms with Gasteiger partial charge in [0.05, 0.1) is 30.4 Å². The lowest BCUT2D eigenvalue weighted by Crippen LogP contribution is -2.29. The molecule has 0 saturated carbocycles. The first-order chi connectivity index (χ1) is 14.9. The van der Waals surface area contributed by atoms with Gasteiger partial charge in [0.15, 0.2) is 9.84 Å². The average molecular weight is 440 g/mol. The minimum atomic E-state index is -3.45. The minimum absolute atomic E-state index is 0.109. The SMILES string of the molecule is COCCS(=O)(=O)c1ccc(C(=O)NC(c2ccccc2)c2ccc(OC)cc2)cc1. The second kappa shape index (κ2) is 10.2. The van der Waals surface area contributed by atoms with Crippen LogP contribution in [0.5, 0.6) is 5.75 Å². The summed E-state index contributed by atoms with van der Waals surface area (Å²) in [4.78, 5) is 13.1. The first-order valence-electron chi connectivity index (χ1n) is 9.76.